The minimum atomic E-state index is -0.237. The number of thiophene rings is 1. The van der Waals surface area contributed by atoms with Gasteiger partial charge >= 0.3 is 0 Å². The van der Waals surface area contributed by atoms with Crippen LogP contribution in [-0.4, -0.2) is 29.0 Å². The van der Waals surface area contributed by atoms with Crippen molar-refractivity contribution in [1.29, 1.82) is 0 Å². The predicted octanol–water partition coefficient (Wildman–Crippen LogP) is 5.11. The van der Waals surface area contributed by atoms with Crippen LogP contribution >= 0.6 is 11.3 Å². The minimum Gasteiger partial charge on any atom is -0.355 e. The van der Waals surface area contributed by atoms with Crippen molar-refractivity contribution >= 4 is 39.0 Å². The maximum atomic E-state index is 11.6. The van der Waals surface area contributed by atoms with Crippen LogP contribution in [0.15, 0.2) is 48.4 Å². The Hall–Kier alpha value is -2.73. The molecule has 0 saturated heterocycles. The van der Waals surface area contributed by atoms with Crippen molar-refractivity contribution in [3.05, 3.63) is 48.4 Å². The van der Waals surface area contributed by atoms with Gasteiger partial charge in [0.05, 0.1) is 10.2 Å². The fraction of sp³-hybridized carbons (Fsp3) is 0.286. The maximum absolute atomic E-state index is 11.6. The predicted molar refractivity (Wildman–Crippen MR) is 114 cm³/mol. The molecule has 0 atom stereocenters. The number of fused-ring (bicyclic) bond motifs is 1. The van der Waals surface area contributed by atoms with E-state index < -0.39 is 0 Å². The van der Waals surface area contributed by atoms with Crippen LogP contribution in [0, 0.1) is 0 Å². The zero-order valence-electron chi connectivity index (χ0n) is 15.7. The molecule has 1 aromatic carbocycles. The first-order valence-electron chi connectivity index (χ1n) is 9.20. The quantitative estimate of drug-likeness (QED) is 0.552. The molecule has 27 heavy (non-hydrogen) atoms. The van der Waals surface area contributed by atoms with Gasteiger partial charge in [-0.2, -0.15) is 0 Å². The monoisotopic (exact) mass is 380 g/mol. The van der Waals surface area contributed by atoms with Crippen molar-refractivity contribution < 1.29 is 4.79 Å². The number of aromatic nitrogens is 2. The first-order chi connectivity index (χ1) is 13.2. The summed E-state index contributed by atoms with van der Waals surface area (Å²) in [5.41, 5.74) is 2.53. The van der Waals surface area contributed by atoms with Gasteiger partial charge < -0.3 is 10.2 Å². The molecule has 140 valence electrons. The molecule has 0 spiro atoms. The van der Waals surface area contributed by atoms with E-state index in [9.17, 15) is 4.79 Å². The smallest absolute Gasteiger partial charge is 0.247 e. The summed E-state index contributed by atoms with van der Waals surface area (Å²) in [7, 11) is 0. The van der Waals surface area contributed by atoms with Crippen molar-refractivity contribution in [2.24, 2.45) is 0 Å². The molecule has 0 aliphatic carbocycles. The molecule has 0 radical (unpaired) electrons. The normalized spacial score (nSPS) is 10.7. The topological polar surface area (TPSA) is 58.1 Å². The number of carbonyl (C=O) groups is 1. The van der Waals surface area contributed by atoms with Crippen LogP contribution < -0.4 is 10.2 Å². The average molecular weight is 381 g/mol. The van der Waals surface area contributed by atoms with E-state index in [1.165, 1.54) is 6.08 Å². The Morgan fingerprint density at radius 3 is 2.70 bits per heavy atom. The van der Waals surface area contributed by atoms with Crippen molar-refractivity contribution in [2.45, 2.75) is 26.7 Å². The summed E-state index contributed by atoms with van der Waals surface area (Å²) in [5, 5.41) is 4.85. The molecule has 0 fully saturated rings. The Morgan fingerprint density at radius 2 is 2.00 bits per heavy atom. The lowest BCUT2D eigenvalue weighted by molar-refractivity contribution is -0.111. The van der Waals surface area contributed by atoms with Gasteiger partial charge in [0.25, 0.3) is 0 Å². The van der Waals surface area contributed by atoms with E-state index in [2.05, 4.69) is 36.0 Å². The lowest BCUT2D eigenvalue weighted by Gasteiger charge is -2.23. The van der Waals surface area contributed by atoms with Crippen molar-refractivity contribution in [1.82, 2.24) is 9.97 Å². The summed E-state index contributed by atoms with van der Waals surface area (Å²) in [5.74, 6) is 1.43. The molecule has 0 saturated carbocycles. The van der Waals surface area contributed by atoms with Crippen LogP contribution in [0.1, 0.15) is 26.7 Å². The van der Waals surface area contributed by atoms with E-state index in [0.29, 0.717) is 11.5 Å². The molecule has 5 nitrogen and oxygen atoms in total. The van der Waals surface area contributed by atoms with E-state index in [1.54, 1.807) is 11.3 Å². The Labute approximate surface area is 163 Å². The number of benzene rings is 1. The van der Waals surface area contributed by atoms with Crippen LogP contribution in [-0.2, 0) is 4.79 Å². The molecule has 0 aliphatic rings. The van der Waals surface area contributed by atoms with Gasteiger partial charge in [-0.3, -0.25) is 4.79 Å². The standard InChI is InChI=1S/C21H24N4OS/c1-4-11-25(12-5-2)21-19-17(10-13-27-19)23-20(24-21)15-8-7-9-16(14-15)22-18(26)6-3/h6-10,13-14H,3-5,11-12H2,1-2H3,(H,22,26). The Balaban J connectivity index is 2.06. The summed E-state index contributed by atoms with van der Waals surface area (Å²) in [6.07, 6.45) is 3.39. The summed E-state index contributed by atoms with van der Waals surface area (Å²) >= 11 is 1.68. The Kier molecular flexibility index (Phi) is 6.19. The third kappa shape index (κ3) is 4.34. The largest absolute Gasteiger partial charge is 0.355 e. The van der Waals surface area contributed by atoms with Crippen LogP contribution in [0.2, 0.25) is 0 Å². The summed E-state index contributed by atoms with van der Waals surface area (Å²) in [4.78, 5) is 23.6. The van der Waals surface area contributed by atoms with Gasteiger partial charge in [0, 0.05) is 24.3 Å². The molecular weight excluding hydrogens is 356 g/mol. The fourth-order valence-electron chi connectivity index (χ4n) is 2.98. The first kappa shape index (κ1) is 19.0. The van der Waals surface area contributed by atoms with E-state index in [4.69, 9.17) is 9.97 Å². The Bertz CT molecular complexity index is 944. The highest BCUT2D eigenvalue weighted by Crippen LogP contribution is 2.32. The SMILES string of the molecule is C=CC(=O)Nc1cccc(-c2nc(N(CCC)CCC)c3sccc3n2)c1. The third-order valence-electron chi connectivity index (χ3n) is 4.15. The van der Waals surface area contributed by atoms with Crippen LogP contribution in [0.3, 0.4) is 0 Å². The molecule has 1 amide bonds. The third-order valence-corrected chi connectivity index (χ3v) is 5.05. The van der Waals surface area contributed by atoms with Gasteiger partial charge in [-0.15, -0.1) is 11.3 Å². The minimum absolute atomic E-state index is 0.237. The second-order valence-electron chi connectivity index (χ2n) is 6.27. The number of carbonyl (C=O) groups excluding carboxylic acids is 1. The summed E-state index contributed by atoms with van der Waals surface area (Å²) in [6, 6.07) is 9.63. The van der Waals surface area contributed by atoms with E-state index >= 15 is 0 Å². The van der Waals surface area contributed by atoms with Gasteiger partial charge in [0.1, 0.15) is 0 Å². The zero-order valence-corrected chi connectivity index (χ0v) is 16.6. The van der Waals surface area contributed by atoms with Crippen LogP contribution in [0.5, 0.6) is 0 Å². The molecule has 3 aromatic rings. The van der Waals surface area contributed by atoms with Gasteiger partial charge in [-0.25, -0.2) is 9.97 Å². The Morgan fingerprint density at radius 1 is 1.22 bits per heavy atom. The molecule has 3 rings (SSSR count). The highest BCUT2D eigenvalue weighted by molar-refractivity contribution is 7.17. The number of anilines is 2. The number of hydrogen-bond donors (Lipinski definition) is 1. The second-order valence-corrected chi connectivity index (χ2v) is 7.18. The number of amides is 1. The molecule has 0 aliphatic heterocycles. The highest BCUT2D eigenvalue weighted by Gasteiger charge is 2.16. The second kappa shape index (κ2) is 8.77. The van der Waals surface area contributed by atoms with E-state index in [0.717, 1.165) is 47.5 Å². The number of nitrogens with one attached hydrogen (secondary N) is 1. The zero-order chi connectivity index (χ0) is 19.2. The summed E-state index contributed by atoms with van der Waals surface area (Å²) in [6.45, 7) is 9.79. The molecule has 6 heteroatoms. The summed E-state index contributed by atoms with van der Waals surface area (Å²) < 4.78 is 1.12. The van der Waals surface area contributed by atoms with E-state index in [-0.39, 0.29) is 5.91 Å². The van der Waals surface area contributed by atoms with Gasteiger partial charge in [-0.1, -0.05) is 32.6 Å². The molecule has 2 heterocycles. The number of rotatable bonds is 8. The fourth-order valence-corrected chi connectivity index (χ4v) is 3.83. The van der Waals surface area contributed by atoms with Crippen LogP contribution in [0.4, 0.5) is 11.5 Å². The van der Waals surface area contributed by atoms with Gasteiger partial charge in [0.2, 0.25) is 5.91 Å². The lowest BCUT2D eigenvalue weighted by Crippen LogP contribution is -2.26. The molecule has 1 N–H and O–H groups in total. The maximum Gasteiger partial charge on any atom is 0.247 e. The molecule has 0 unspecified atom stereocenters. The average Bonchev–Trinajstić information content (AvgIpc) is 3.16. The number of nitrogens with zero attached hydrogens (tertiary/aromatic N) is 3. The first-order valence-corrected chi connectivity index (χ1v) is 10.1. The van der Waals surface area contributed by atoms with Crippen molar-refractivity contribution in [3.63, 3.8) is 0 Å². The van der Waals surface area contributed by atoms with Gasteiger partial charge in [-0.05, 0) is 42.5 Å². The highest BCUT2D eigenvalue weighted by atomic mass is 32.1. The molecular formula is C21H24N4OS. The lowest BCUT2D eigenvalue weighted by atomic mass is 10.2. The van der Waals surface area contributed by atoms with Crippen LogP contribution in [0.25, 0.3) is 21.6 Å². The molecule has 0 bridgehead atoms. The van der Waals surface area contributed by atoms with Gasteiger partial charge in [0.15, 0.2) is 11.6 Å². The molecule has 2 aromatic heterocycles. The number of hydrogen-bond acceptors (Lipinski definition) is 5. The van der Waals surface area contributed by atoms with E-state index in [1.807, 2.05) is 30.3 Å². The van der Waals surface area contributed by atoms with Crippen molar-refractivity contribution in [3.8, 4) is 11.4 Å². The van der Waals surface area contributed by atoms with Crippen molar-refractivity contribution in [2.75, 3.05) is 23.3 Å².